The molecule has 4 nitrogen and oxygen atoms in total. The summed E-state index contributed by atoms with van der Waals surface area (Å²) in [7, 11) is 0. The first kappa shape index (κ1) is 15.1. The average molecular weight is 317 g/mol. The lowest BCUT2D eigenvalue weighted by atomic mass is 9.89. The Balaban J connectivity index is 1.96. The highest BCUT2D eigenvalue weighted by Crippen LogP contribution is 2.32. The van der Waals surface area contributed by atoms with Gasteiger partial charge in [0.15, 0.2) is 0 Å². The third-order valence-corrected chi connectivity index (χ3v) is 3.86. The van der Waals surface area contributed by atoms with Crippen molar-refractivity contribution in [2.75, 3.05) is 5.32 Å². The number of carbonyl (C=O) groups is 2. The van der Waals surface area contributed by atoms with Crippen LogP contribution >= 0.6 is 0 Å². The number of halogens is 2. The molecule has 0 saturated heterocycles. The molecule has 1 heterocycles. The zero-order chi connectivity index (χ0) is 16.6. The summed E-state index contributed by atoms with van der Waals surface area (Å²) in [6, 6.07) is 8.30. The molecule has 1 aliphatic rings. The summed E-state index contributed by atoms with van der Waals surface area (Å²) >= 11 is 0. The highest BCUT2D eigenvalue weighted by Gasteiger charge is 2.28. The number of benzene rings is 2. The molecule has 3 rings (SSSR count). The molecule has 2 aromatic rings. The number of anilines is 1. The molecule has 6 heteroatoms. The number of carbonyl (C=O) groups excluding carboxylic acids is 1. The maximum Gasteiger partial charge on any atom is 0.304 e. The van der Waals surface area contributed by atoms with Crippen LogP contribution in [0.5, 0.6) is 0 Å². The number of carboxylic acids is 1. The summed E-state index contributed by atoms with van der Waals surface area (Å²) < 4.78 is 26.9. The van der Waals surface area contributed by atoms with Gasteiger partial charge in [-0.1, -0.05) is 6.07 Å². The van der Waals surface area contributed by atoms with Crippen molar-refractivity contribution in [3.63, 3.8) is 0 Å². The molecule has 0 saturated carbocycles. The Labute approximate surface area is 130 Å². The summed E-state index contributed by atoms with van der Waals surface area (Å²) in [5, 5.41) is 11.5. The summed E-state index contributed by atoms with van der Waals surface area (Å²) in [5.41, 5.74) is 2.12. The van der Waals surface area contributed by atoms with Gasteiger partial charge in [-0.3, -0.25) is 9.59 Å². The topological polar surface area (TPSA) is 66.4 Å². The smallest absolute Gasteiger partial charge is 0.304 e. The maximum atomic E-state index is 13.9. The van der Waals surface area contributed by atoms with Gasteiger partial charge in [-0.25, -0.2) is 8.78 Å². The van der Waals surface area contributed by atoms with E-state index in [0.717, 1.165) is 11.6 Å². The van der Waals surface area contributed by atoms with Crippen LogP contribution in [-0.2, 0) is 16.0 Å². The zero-order valence-electron chi connectivity index (χ0n) is 12.0. The van der Waals surface area contributed by atoms with Crippen LogP contribution in [0, 0.1) is 17.6 Å². The van der Waals surface area contributed by atoms with Gasteiger partial charge in [0, 0.05) is 17.3 Å². The molecule has 1 amide bonds. The van der Waals surface area contributed by atoms with E-state index in [-0.39, 0.29) is 24.3 Å². The Morgan fingerprint density at radius 3 is 2.70 bits per heavy atom. The van der Waals surface area contributed by atoms with E-state index in [1.165, 1.54) is 12.1 Å². The number of hydrogen-bond acceptors (Lipinski definition) is 2. The van der Waals surface area contributed by atoms with Gasteiger partial charge in [-0.2, -0.15) is 0 Å². The molecule has 23 heavy (non-hydrogen) atoms. The van der Waals surface area contributed by atoms with E-state index >= 15 is 0 Å². The largest absolute Gasteiger partial charge is 0.481 e. The molecular formula is C17H13F2NO3. The standard InChI is InChI=1S/C17H13F2NO3/c18-12-2-3-13(14(19)8-12)9-1-4-15-10(5-9)6-11(7-16(21)22)17(23)20-15/h1-5,8,11H,6-7H2,(H,20,23)(H,21,22). The highest BCUT2D eigenvalue weighted by molar-refractivity contribution is 5.97. The quantitative estimate of drug-likeness (QED) is 0.913. The van der Waals surface area contributed by atoms with E-state index in [0.29, 0.717) is 11.3 Å². The Bertz CT molecular complexity index is 804. The second-order valence-corrected chi connectivity index (χ2v) is 5.48. The van der Waals surface area contributed by atoms with Crippen molar-refractivity contribution >= 4 is 17.6 Å². The Morgan fingerprint density at radius 1 is 1.22 bits per heavy atom. The van der Waals surface area contributed by atoms with Gasteiger partial charge in [0.2, 0.25) is 5.91 Å². The number of hydrogen-bond donors (Lipinski definition) is 2. The van der Waals surface area contributed by atoms with Crippen molar-refractivity contribution in [3.8, 4) is 11.1 Å². The number of fused-ring (bicyclic) bond motifs is 1. The van der Waals surface area contributed by atoms with E-state index in [2.05, 4.69) is 5.32 Å². The maximum absolute atomic E-state index is 13.9. The van der Waals surface area contributed by atoms with Crippen LogP contribution in [0.2, 0.25) is 0 Å². The summed E-state index contributed by atoms with van der Waals surface area (Å²) in [5.74, 6) is -3.37. The van der Waals surface area contributed by atoms with E-state index in [4.69, 9.17) is 5.11 Å². The van der Waals surface area contributed by atoms with Gasteiger partial charge < -0.3 is 10.4 Å². The van der Waals surface area contributed by atoms with Crippen molar-refractivity contribution in [3.05, 3.63) is 53.6 Å². The Morgan fingerprint density at radius 2 is 2.00 bits per heavy atom. The second-order valence-electron chi connectivity index (χ2n) is 5.48. The van der Waals surface area contributed by atoms with E-state index in [9.17, 15) is 18.4 Å². The molecule has 0 aliphatic carbocycles. The SMILES string of the molecule is O=C(O)CC1Cc2cc(-c3ccc(F)cc3F)ccc2NC1=O. The van der Waals surface area contributed by atoms with Crippen LogP contribution < -0.4 is 5.32 Å². The van der Waals surface area contributed by atoms with Crippen molar-refractivity contribution < 1.29 is 23.5 Å². The highest BCUT2D eigenvalue weighted by atomic mass is 19.1. The predicted molar refractivity (Wildman–Crippen MR) is 79.9 cm³/mol. The van der Waals surface area contributed by atoms with Crippen molar-refractivity contribution in [2.45, 2.75) is 12.8 Å². The average Bonchev–Trinajstić information content (AvgIpc) is 2.47. The third-order valence-electron chi connectivity index (χ3n) is 3.86. The van der Waals surface area contributed by atoms with Crippen LogP contribution in [0.1, 0.15) is 12.0 Å². The number of carboxylic acid groups (broad SMARTS) is 1. The van der Waals surface area contributed by atoms with Gasteiger partial charge in [0.05, 0.1) is 12.3 Å². The lowest BCUT2D eigenvalue weighted by Gasteiger charge is -2.24. The molecule has 0 bridgehead atoms. The monoisotopic (exact) mass is 317 g/mol. The minimum Gasteiger partial charge on any atom is -0.481 e. The molecule has 2 aromatic carbocycles. The fourth-order valence-electron chi connectivity index (χ4n) is 2.74. The van der Waals surface area contributed by atoms with Crippen LogP contribution in [0.15, 0.2) is 36.4 Å². The first-order valence-electron chi connectivity index (χ1n) is 7.05. The fourth-order valence-corrected chi connectivity index (χ4v) is 2.74. The number of aliphatic carboxylic acids is 1. The molecule has 0 aromatic heterocycles. The minimum absolute atomic E-state index is 0.251. The Hall–Kier alpha value is -2.76. The molecule has 2 N–H and O–H groups in total. The lowest BCUT2D eigenvalue weighted by molar-refractivity contribution is -0.140. The molecule has 0 fully saturated rings. The van der Waals surface area contributed by atoms with Crippen LogP contribution in [-0.4, -0.2) is 17.0 Å². The molecule has 1 unspecified atom stereocenters. The van der Waals surface area contributed by atoms with E-state index in [1.807, 2.05) is 0 Å². The minimum atomic E-state index is -1.05. The van der Waals surface area contributed by atoms with Crippen LogP contribution in [0.4, 0.5) is 14.5 Å². The van der Waals surface area contributed by atoms with E-state index < -0.39 is 23.5 Å². The molecule has 118 valence electrons. The summed E-state index contributed by atoms with van der Waals surface area (Å²) in [6.07, 6.45) is 0.00449. The lowest BCUT2D eigenvalue weighted by Crippen LogP contribution is -2.31. The normalized spacial score (nSPS) is 16.6. The number of rotatable bonds is 3. The van der Waals surface area contributed by atoms with Gasteiger partial charge in [-0.15, -0.1) is 0 Å². The second kappa shape index (κ2) is 5.79. The van der Waals surface area contributed by atoms with Crippen molar-refractivity contribution in [2.24, 2.45) is 5.92 Å². The first-order valence-corrected chi connectivity index (χ1v) is 7.05. The number of nitrogens with one attached hydrogen (secondary N) is 1. The van der Waals surface area contributed by atoms with Crippen LogP contribution in [0.3, 0.4) is 0 Å². The third kappa shape index (κ3) is 3.06. The summed E-state index contributed by atoms with van der Waals surface area (Å²) in [6.45, 7) is 0. The first-order chi connectivity index (χ1) is 10.9. The molecule has 0 spiro atoms. The van der Waals surface area contributed by atoms with Crippen molar-refractivity contribution in [1.82, 2.24) is 0 Å². The van der Waals surface area contributed by atoms with Gasteiger partial charge in [-0.05, 0) is 41.8 Å². The zero-order valence-corrected chi connectivity index (χ0v) is 12.0. The molecular weight excluding hydrogens is 304 g/mol. The van der Waals surface area contributed by atoms with Gasteiger partial charge in [0.25, 0.3) is 0 Å². The molecule has 0 radical (unpaired) electrons. The summed E-state index contributed by atoms with van der Waals surface area (Å²) in [4.78, 5) is 22.7. The predicted octanol–water partition coefficient (Wildman–Crippen LogP) is 3.22. The molecule has 1 atom stereocenters. The molecule has 1 aliphatic heterocycles. The van der Waals surface area contributed by atoms with Gasteiger partial charge in [0.1, 0.15) is 11.6 Å². The van der Waals surface area contributed by atoms with Crippen molar-refractivity contribution in [1.29, 1.82) is 0 Å². The van der Waals surface area contributed by atoms with Crippen LogP contribution in [0.25, 0.3) is 11.1 Å². The van der Waals surface area contributed by atoms with Gasteiger partial charge >= 0.3 is 5.97 Å². The fraction of sp³-hybridized carbons (Fsp3) is 0.176. The number of amides is 1. The van der Waals surface area contributed by atoms with E-state index in [1.54, 1.807) is 18.2 Å². The Kier molecular flexibility index (Phi) is 3.82.